The zero-order valence-corrected chi connectivity index (χ0v) is 16.8. The molecule has 0 spiro atoms. The number of carbonyl (C=O) groups excluding carboxylic acids is 2. The molecule has 2 heterocycles. The Bertz CT molecular complexity index is 979. The van der Waals surface area contributed by atoms with Gasteiger partial charge in [-0.1, -0.05) is 30.3 Å². The van der Waals surface area contributed by atoms with E-state index in [0.717, 1.165) is 5.56 Å². The predicted molar refractivity (Wildman–Crippen MR) is 108 cm³/mol. The molecule has 8 nitrogen and oxygen atoms in total. The van der Waals surface area contributed by atoms with E-state index in [1.807, 2.05) is 51.1 Å². The summed E-state index contributed by atoms with van der Waals surface area (Å²) in [5.41, 5.74) is 1.39. The van der Waals surface area contributed by atoms with Crippen LogP contribution in [0.4, 0.5) is 4.79 Å². The summed E-state index contributed by atoms with van der Waals surface area (Å²) >= 11 is 0. The van der Waals surface area contributed by atoms with Crippen molar-refractivity contribution in [1.82, 2.24) is 24.6 Å². The summed E-state index contributed by atoms with van der Waals surface area (Å²) in [4.78, 5) is 34.9. The van der Waals surface area contributed by atoms with Gasteiger partial charge in [-0.3, -0.25) is 14.2 Å². The van der Waals surface area contributed by atoms with Gasteiger partial charge in [0, 0.05) is 32.0 Å². The van der Waals surface area contributed by atoms with Crippen LogP contribution in [0.2, 0.25) is 0 Å². The molecule has 0 fully saturated rings. The van der Waals surface area contributed by atoms with Crippen molar-refractivity contribution in [3.05, 3.63) is 66.4 Å². The maximum atomic E-state index is 12.6. The number of nitrogens with zero attached hydrogens (tertiary/aromatic N) is 4. The van der Waals surface area contributed by atoms with Crippen LogP contribution in [0.5, 0.6) is 0 Å². The number of ether oxygens (including phenoxy) is 1. The van der Waals surface area contributed by atoms with Gasteiger partial charge in [0.25, 0.3) is 5.91 Å². The molecule has 0 saturated carbocycles. The van der Waals surface area contributed by atoms with Crippen molar-refractivity contribution in [2.75, 3.05) is 13.1 Å². The molecule has 0 aliphatic rings. The number of fused-ring (bicyclic) bond motifs is 1. The first-order chi connectivity index (χ1) is 13.8. The second-order valence-electron chi connectivity index (χ2n) is 7.59. The van der Waals surface area contributed by atoms with Crippen LogP contribution in [-0.4, -0.2) is 50.0 Å². The van der Waals surface area contributed by atoms with Gasteiger partial charge in [-0.05, 0) is 26.3 Å². The Kier molecular flexibility index (Phi) is 6.11. The van der Waals surface area contributed by atoms with Crippen LogP contribution >= 0.6 is 0 Å². The highest BCUT2D eigenvalue weighted by molar-refractivity contribution is 5.93. The van der Waals surface area contributed by atoms with Gasteiger partial charge in [0.05, 0.1) is 12.4 Å². The van der Waals surface area contributed by atoms with E-state index >= 15 is 0 Å². The lowest BCUT2D eigenvalue weighted by molar-refractivity contribution is 0.0234. The Balaban J connectivity index is 1.64. The van der Waals surface area contributed by atoms with Crippen molar-refractivity contribution in [2.24, 2.45) is 0 Å². The largest absolute Gasteiger partial charge is 0.444 e. The Hall–Kier alpha value is -3.42. The standard InChI is InChI=1S/C21H25N5O3/c1-21(2,3)29-20(28)25(15-16-7-5-4-6-8-16)11-10-23-19(27)17-13-24-18-14-22-9-12-26(17)18/h4-9,12-14H,10-11,15H2,1-3H3,(H,23,27). The summed E-state index contributed by atoms with van der Waals surface area (Å²) in [6.07, 6.45) is 5.94. The quantitative estimate of drug-likeness (QED) is 0.693. The predicted octanol–water partition coefficient (Wildman–Crippen LogP) is 2.90. The average molecular weight is 395 g/mol. The minimum atomic E-state index is -0.597. The highest BCUT2D eigenvalue weighted by atomic mass is 16.6. The van der Waals surface area contributed by atoms with E-state index in [9.17, 15) is 9.59 Å². The molecule has 3 aromatic rings. The van der Waals surface area contributed by atoms with E-state index in [-0.39, 0.29) is 12.5 Å². The molecule has 2 amide bonds. The molecule has 0 radical (unpaired) electrons. The topological polar surface area (TPSA) is 88.8 Å². The number of hydrogen-bond acceptors (Lipinski definition) is 5. The van der Waals surface area contributed by atoms with Gasteiger partial charge in [0.15, 0.2) is 5.65 Å². The minimum absolute atomic E-state index is 0.271. The van der Waals surface area contributed by atoms with Crippen LogP contribution in [-0.2, 0) is 11.3 Å². The lowest BCUT2D eigenvalue weighted by Gasteiger charge is -2.27. The van der Waals surface area contributed by atoms with Crippen molar-refractivity contribution in [3.63, 3.8) is 0 Å². The van der Waals surface area contributed by atoms with Crippen molar-refractivity contribution in [1.29, 1.82) is 0 Å². The van der Waals surface area contributed by atoms with Crippen molar-refractivity contribution >= 4 is 17.6 Å². The fourth-order valence-corrected chi connectivity index (χ4v) is 2.77. The van der Waals surface area contributed by atoms with Gasteiger partial charge < -0.3 is 15.0 Å². The molecule has 0 bridgehead atoms. The maximum absolute atomic E-state index is 12.6. The summed E-state index contributed by atoms with van der Waals surface area (Å²) in [6.45, 7) is 6.47. The lowest BCUT2D eigenvalue weighted by Crippen LogP contribution is -2.41. The third kappa shape index (κ3) is 5.54. The van der Waals surface area contributed by atoms with Gasteiger partial charge in [-0.15, -0.1) is 0 Å². The van der Waals surface area contributed by atoms with Crippen LogP contribution in [0, 0.1) is 0 Å². The van der Waals surface area contributed by atoms with E-state index in [1.165, 1.54) is 6.20 Å². The molecule has 0 saturated heterocycles. The maximum Gasteiger partial charge on any atom is 0.410 e. The van der Waals surface area contributed by atoms with E-state index < -0.39 is 11.7 Å². The molecular formula is C21H25N5O3. The van der Waals surface area contributed by atoms with Crippen molar-refractivity contribution < 1.29 is 14.3 Å². The monoisotopic (exact) mass is 395 g/mol. The van der Waals surface area contributed by atoms with Gasteiger partial charge >= 0.3 is 6.09 Å². The molecule has 1 aromatic carbocycles. The second kappa shape index (κ2) is 8.72. The zero-order valence-electron chi connectivity index (χ0n) is 16.8. The van der Waals surface area contributed by atoms with Gasteiger partial charge in [0.2, 0.25) is 0 Å². The molecule has 8 heteroatoms. The van der Waals surface area contributed by atoms with E-state index in [4.69, 9.17) is 4.74 Å². The first-order valence-corrected chi connectivity index (χ1v) is 9.40. The van der Waals surface area contributed by atoms with Crippen molar-refractivity contribution in [2.45, 2.75) is 32.9 Å². The van der Waals surface area contributed by atoms with Gasteiger partial charge in [0.1, 0.15) is 11.3 Å². The molecule has 0 atom stereocenters. The highest BCUT2D eigenvalue weighted by Gasteiger charge is 2.22. The number of imidazole rings is 1. The number of nitrogens with one attached hydrogen (secondary N) is 1. The zero-order chi connectivity index (χ0) is 20.9. The number of rotatable bonds is 6. The molecule has 3 rings (SSSR count). The molecule has 1 N–H and O–H groups in total. The second-order valence-corrected chi connectivity index (χ2v) is 7.59. The number of aromatic nitrogens is 3. The van der Waals surface area contributed by atoms with E-state index in [1.54, 1.807) is 27.9 Å². The number of carbonyl (C=O) groups is 2. The van der Waals surface area contributed by atoms with E-state index in [2.05, 4.69) is 15.3 Å². The fraction of sp³-hybridized carbons (Fsp3) is 0.333. The van der Waals surface area contributed by atoms with Crippen LogP contribution in [0.25, 0.3) is 5.65 Å². The Morgan fingerprint density at radius 2 is 1.93 bits per heavy atom. The third-order valence-electron chi connectivity index (χ3n) is 4.09. The van der Waals surface area contributed by atoms with Crippen LogP contribution in [0.1, 0.15) is 36.8 Å². The summed E-state index contributed by atoms with van der Waals surface area (Å²) < 4.78 is 7.18. The number of benzene rings is 1. The summed E-state index contributed by atoms with van der Waals surface area (Å²) in [7, 11) is 0. The van der Waals surface area contributed by atoms with Crippen LogP contribution < -0.4 is 5.32 Å². The minimum Gasteiger partial charge on any atom is -0.444 e. The molecule has 0 aliphatic carbocycles. The Morgan fingerprint density at radius 1 is 1.17 bits per heavy atom. The smallest absolute Gasteiger partial charge is 0.410 e. The fourth-order valence-electron chi connectivity index (χ4n) is 2.77. The Morgan fingerprint density at radius 3 is 2.66 bits per heavy atom. The molecule has 0 unspecified atom stereocenters. The Labute approximate surface area is 169 Å². The first-order valence-electron chi connectivity index (χ1n) is 9.40. The number of amides is 2. The molecule has 152 valence electrons. The molecule has 29 heavy (non-hydrogen) atoms. The average Bonchev–Trinajstić information content (AvgIpc) is 3.11. The molecule has 0 aliphatic heterocycles. The molecule has 2 aromatic heterocycles. The summed E-state index contributed by atoms with van der Waals surface area (Å²) in [6, 6.07) is 9.66. The van der Waals surface area contributed by atoms with Crippen LogP contribution in [0.15, 0.2) is 55.1 Å². The number of hydrogen-bond donors (Lipinski definition) is 1. The highest BCUT2D eigenvalue weighted by Crippen LogP contribution is 2.12. The van der Waals surface area contributed by atoms with E-state index in [0.29, 0.717) is 24.4 Å². The van der Waals surface area contributed by atoms with Crippen LogP contribution in [0.3, 0.4) is 0 Å². The molecular weight excluding hydrogens is 370 g/mol. The van der Waals surface area contributed by atoms with Gasteiger partial charge in [-0.25, -0.2) is 9.78 Å². The van der Waals surface area contributed by atoms with Crippen molar-refractivity contribution in [3.8, 4) is 0 Å². The first kappa shape index (κ1) is 20.3. The normalized spacial score (nSPS) is 11.3. The SMILES string of the molecule is CC(C)(C)OC(=O)N(CCNC(=O)c1cnc2cnccn12)Cc1ccccc1. The summed E-state index contributed by atoms with van der Waals surface area (Å²) in [5.74, 6) is -0.271. The van der Waals surface area contributed by atoms with Gasteiger partial charge in [-0.2, -0.15) is 0 Å². The lowest BCUT2D eigenvalue weighted by atomic mass is 10.2. The summed E-state index contributed by atoms with van der Waals surface area (Å²) in [5, 5.41) is 2.84. The third-order valence-corrected chi connectivity index (χ3v) is 4.09.